The van der Waals surface area contributed by atoms with Gasteiger partial charge in [0.1, 0.15) is 10.8 Å². The molecule has 0 saturated carbocycles. The zero-order valence-electron chi connectivity index (χ0n) is 15.1. The Balaban J connectivity index is 2.35. The SMILES string of the molecule is CC(C)(C)OC(=O)n1c(-c2cc(Cl)ccc2C(F)(F)F)cc2ccc(Cl)nc21. The van der Waals surface area contributed by atoms with Crippen molar-refractivity contribution in [3.05, 3.63) is 52.1 Å². The third-order valence-electron chi connectivity index (χ3n) is 3.76. The molecule has 1 aromatic carbocycles. The van der Waals surface area contributed by atoms with Crippen LogP contribution in [0.15, 0.2) is 36.4 Å². The summed E-state index contributed by atoms with van der Waals surface area (Å²) in [5.41, 5.74) is -2.03. The first-order valence-corrected chi connectivity index (χ1v) is 8.91. The lowest BCUT2D eigenvalue weighted by molar-refractivity contribution is -0.137. The molecule has 4 nitrogen and oxygen atoms in total. The second kappa shape index (κ2) is 6.97. The quantitative estimate of drug-likeness (QED) is 0.398. The van der Waals surface area contributed by atoms with Crippen LogP contribution in [0.3, 0.4) is 0 Å². The minimum Gasteiger partial charge on any atom is -0.443 e. The van der Waals surface area contributed by atoms with E-state index < -0.39 is 23.4 Å². The number of hydrogen-bond acceptors (Lipinski definition) is 3. The van der Waals surface area contributed by atoms with Crippen LogP contribution in [-0.4, -0.2) is 21.2 Å². The summed E-state index contributed by atoms with van der Waals surface area (Å²) in [5, 5.41) is 0.609. The van der Waals surface area contributed by atoms with Crippen molar-refractivity contribution in [1.29, 1.82) is 0 Å². The van der Waals surface area contributed by atoms with Crippen LogP contribution in [0.5, 0.6) is 0 Å². The van der Waals surface area contributed by atoms with Gasteiger partial charge in [0.25, 0.3) is 0 Å². The van der Waals surface area contributed by atoms with E-state index in [0.29, 0.717) is 5.39 Å². The van der Waals surface area contributed by atoms with E-state index in [2.05, 4.69) is 4.98 Å². The number of nitrogens with zero attached hydrogens (tertiary/aromatic N) is 2. The van der Waals surface area contributed by atoms with Crippen LogP contribution in [0.25, 0.3) is 22.3 Å². The standard InChI is InChI=1S/C19H15Cl2F3N2O2/c1-18(2,3)28-17(27)26-14(8-10-4-7-15(21)25-16(10)26)12-9-11(20)5-6-13(12)19(22,23)24/h4-9H,1-3H3. The molecule has 0 amide bonds. The number of halogens is 5. The number of fused-ring (bicyclic) bond motifs is 1. The summed E-state index contributed by atoms with van der Waals surface area (Å²) in [7, 11) is 0. The monoisotopic (exact) mass is 430 g/mol. The molecule has 0 aliphatic rings. The van der Waals surface area contributed by atoms with Crippen LogP contribution in [0.4, 0.5) is 18.0 Å². The van der Waals surface area contributed by atoms with Gasteiger partial charge in [0.15, 0.2) is 5.65 Å². The Kier molecular flexibility index (Phi) is 5.10. The van der Waals surface area contributed by atoms with Gasteiger partial charge in [0.2, 0.25) is 0 Å². The number of pyridine rings is 1. The van der Waals surface area contributed by atoms with Crippen molar-refractivity contribution in [3.63, 3.8) is 0 Å². The van der Waals surface area contributed by atoms with E-state index in [9.17, 15) is 18.0 Å². The molecule has 3 rings (SSSR count). The molecule has 0 spiro atoms. The Morgan fingerprint density at radius 3 is 2.36 bits per heavy atom. The van der Waals surface area contributed by atoms with E-state index in [-0.39, 0.29) is 27.1 Å². The molecule has 2 aromatic heterocycles. The highest BCUT2D eigenvalue weighted by molar-refractivity contribution is 6.31. The van der Waals surface area contributed by atoms with E-state index in [0.717, 1.165) is 22.8 Å². The first-order chi connectivity index (χ1) is 12.9. The number of rotatable bonds is 1. The summed E-state index contributed by atoms with van der Waals surface area (Å²) in [4.78, 5) is 16.9. The molecule has 28 heavy (non-hydrogen) atoms. The summed E-state index contributed by atoms with van der Waals surface area (Å²) in [6.45, 7) is 4.95. The maximum absolute atomic E-state index is 13.6. The zero-order valence-corrected chi connectivity index (χ0v) is 16.6. The summed E-state index contributed by atoms with van der Waals surface area (Å²) >= 11 is 11.9. The molecule has 0 bridgehead atoms. The summed E-state index contributed by atoms with van der Waals surface area (Å²) in [6, 6.07) is 7.63. The van der Waals surface area contributed by atoms with E-state index >= 15 is 0 Å². The number of benzene rings is 1. The van der Waals surface area contributed by atoms with Gasteiger partial charge in [-0.05, 0) is 57.2 Å². The summed E-state index contributed by atoms with van der Waals surface area (Å²) in [5.74, 6) is 0. The van der Waals surface area contributed by atoms with Crippen molar-refractivity contribution >= 4 is 40.3 Å². The van der Waals surface area contributed by atoms with Gasteiger partial charge in [-0.3, -0.25) is 0 Å². The topological polar surface area (TPSA) is 44.1 Å². The minimum absolute atomic E-state index is 0.0474. The predicted octanol–water partition coefficient (Wildman–Crippen LogP) is 6.81. The van der Waals surface area contributed by atoms with Gasteiger partial charge in [0, 0.05) is 16.0 Å². The first kappa shape index (κ1) is 20.5. The molecule has 0 saturated heterocycles. The Hall–Kier alpha value is -2.25. The second-order valence-electron chi connectivity index (χ2n) is 7.08. The van der Waals surface area contributed by atoms with Gasteiger partial charge >= 0.3 is 12.3 Å². The van der Waals surface area contributed by atoms with Crippen LogP contribution in [0, 0.1) is 0 Å². The fourth-order valence-corrected chi connectivity index (χ4v) is 3.04. The van der Waals surface area contributed by atoms with E-state index in [1.54, 1.807) is 26.8 Å². The molecule has 0 aliphatic carbocycles. The van der Waals surface area contributed by atoms with E-state index in [4.69, 9.17) is 27.9 Å². The van der Waals surface area contributed by atoms with Crippen molar-refractivity contribution in [1.82, 2.24) is 9.55 Å². The molecule has 0 aliphatic heterocycles. The highest BCUT2D eigenvalue weighted by Crippen LogP contribution is 2.40. The van der Waals surface area contributed by atoms with Gasteiger partial charge in [-0.1, -0.05) is 23.2 Å². The third-order valence-corrected chi connectivity index (χ3v) is 4.20. The lowest BCUT2D eigenvalue weighted by Gasteiger charge is -2.21. The molecule has 3 aromatic rings. The molecular formula is C19H15Cl2F3N2O2. The van der Waals surface area contributed by atoms with Gasteiger partial charge in [-0.2, -0.15) is 13.2 Å². The van der Waals surface area contributed by atoms with Crippen molar-refractivity contribution in [2.24, 2.45) is 0 Å². The van der Waals surface area contributed by atoms with Crippen molar-refractivity contribution in [3.8, 4) is 11.3 Å². The Morgan fingerprint density at radius 1 is 1.07 bits per heavy atom. The molecule has 0 radical (unpaired) electrons. The van der Waals surface area contributed by atoms with Gasteiger partial charge in [-0.15, -0.1) is 0 Å². The maximum Gasteiger partial charge on any atom is 0.420 e. The smallest absolute Gasteiger partial charge is 0.420 e. The average molecular weight is 431 g/mol. The van der Waals surface area contributed by atoms with E-state index in [1.165, 1.54) is 12.1 Å². The molecule has 9 heteroatoms. The third kappa shape index (κ3) is 4.10. The van der Waals surface area contributed by atoms with Crippen molar-refractivity contribution in [2.75, 3.05) is 0 Å². The van der Waals surface area contributed by atoms with Gasteiger partial charge < -0.3 is 4.74 Å². The number of alkyl halides is 3. The van der Waals surface area contributed by atoms with Crippen LogP contribution in [0.1, 0.15) is 26.3 Å². The van der Waals surface area contributed by atoms with Crippen LogP contribution in [-0.2, 0) is 10.9 Å². The zero-order chi connectivity index (χ0) is 20.9. The number of carbonyl (C=O) groups excluding carboxylic acids is 1. The molecule has 0 atom stereocenters. The Morgan fingerprint density at radius 2 is 1.75 bits per heavy atom. The fraction of sp³-hybridized carbons (Fsp3) is 0.263. The number of ether oxygens (including phenoxy) is 1. The molecular weight excluding hydrogens is 416 g/mol. The van der Waals surface area contributed by atoms with Crippen molar-refractivity contribution in [2.45, 2.75) is 32.5 Å². The number of hydrogen-bond donors (Lipinski definition) is 0. The van der Waals surface area contributed by atoms with Crippen LogP contribution >= 0.6 is 23.2 Å². The normalized spacial score (nSPS) is 12.4. The highest BCUT2D eigenvalue weighted by atomic mass is 35.5. The average Bonchev–Trinajstić information content (AvgIpc) is 2.90. The fourth-order valence-electron chi connectivity index (χ4n) is 2.72. The number of aromatic nitrogens is 2. The molecule has 0 unspecified atom stereocenters. The maximum atomic E-state index is 13.6. The van der Waals surface area contributed by atoms with Gasteiger partial charge in [0.05, 0.1) is 11.3 Å². The minimum atomic E-state index is -4.65. The summed E-state index contributed by atoms with van der Waals surface area (Å²) < 4.78 is 47.1. The molecule has 148 valence electrons. The predicted molar refractivity (Wildman–Crippen MR) is 102 cm³/mol. The highest BCUT2D eigenvalue weighted by Gasteiger charge is 2.35. The number of carbonyl (C=O) groups is 1. The molecule has 0 N–H and O–H groups in total. The summed E-state index contributed by atoms with van der Waals surface area (Å²) in [6.07, 6.45) is -5.53. The first-order valence-electron chi connectivity index (χ1n) is 8.15. The van der Waals surface area contributed by atoms with Crippen molar-refractivity contribution < 1.29 is 22.7 Å². The second-order valence-corrected chi connectivity index (χ2v) is 7.90. The lowest BCUT2D eigenvalue weighted by Crippen LogP contribution is -2.27. The lowest BCUT2D eigenvalue weighted by atomic mass is 10.0. The van der Waals surface area contributed by atoms with Crippen LogP contribution < -0.4 is 0 Å². The molecule has 0 fully saturated rings. The largest absolute Gasteiger partial charge is 0.443 e. The Labute approximate surface area is 168 Å². The van der Waals surface area contributed by atoms with E-state index in [1.807, 2.05) is 0 Å². The van der Waals surface area contributed by atoms with Gasteiger partial charge in [-0.25, -0.2) is 14.3 Å². The van der Waals surface area contributed by atoms with Crippen LogP contribution in [0.2, 0.25) is 10.2 Å². The Bertz CT molecular complexity index is 1070. The molecule has 2 heterocycles.